The second-order valence-electron chi connectivity index (χ2n) is 6.93. The lowest BCUT2D eigenvalue weighted by Crippen LogP contribution is -2.61. The van der Waals surface area contributed by atoms with Gasteiger partial charge in [0.05, 0.1) is 36.1 Å². The Morgan fingerprint density at radius 2 is 1.46 bits per heavy atom. The van der Waals surface area contributed by atoms with Gasteiger partial charge in [0.15, 0.2) is 0 Å². The number of benzene rings is 2. The predicted octanol–water partition coefficient (Wildman–Crippen LogP) is 1.46. The van der Waals surface area contributed by atoms with E-state index >= 15 is 0 Å². The summed E-state index contributed by atoms with van der Waals surface area (Å²) >= 11 is 0. The highest BCUT2D eigenvalue weighted by molar-refractivity contribution is 8.30. The van der Waals surface area contributed by atoms with Gasteiger partial charge in [-0.05, 0) is 24.3 Å². The van der Waals surface area contributed by atoms with Crippen molar-refractivity contribution in [2.75, 3.05) is 5.75 Å². The summed E-state index contributed by atoms with van der Waals surface area (Å²) in [6.07, 6.45) is 0. The van der Waals surface area contributed by atoms with Crippen LogP contribution >= 0.6 is 10.3 Å². The van der Waals surface area contributed by atoms with Crippen molar-refractivity contribution in [3.8, 4) is 11.5 Å². The van der Waals surface area contributed by atoms with Gasteiger partial charge in [-0.3, -0.25) is 4.79 Å². The average Bonchev–Trinajstić information content (AvgIpc) is 2.53. The van der Waals surface area contributed by atoms with Crippen molar-refractivity contribution in [2.24, 2.45) is 5.41 Å². The summed E-state index contributed by atoms with van der Waals surface area (Å²) in [7, 11) is -7.71. The van der Waals surface area contributed by atoms with Crippen molar-refractivity contribution < 1.29 is 37.5 Å². The van der Waals surface area contributed by atoms with Gasteiger partial charge in [-0.15, -0.1) is 0 Å². The Labute approximate surface area is 155 Å². The zero-order chi connectivity index (χ0) is 19.2. The number of halogens is 1. The number of Topliss-reactive ketones (excluding diaryl/α,β-unsaturated/α-hetero) is 1. The molecule has 140 valence electrons. The summed E-state index contributed by atoms with van der Waals surface area (Å²) < 4.78 is 45.9. The maximum atomic E-state index is 12.8. The third-order valence-electron chi connectivity index (χ3n) is 3.98. The molecule has 2 aromatic rings. The molecule has 1 heterocycles. The second-order valence-corrected chi connectivity index (χ2v) is 10.7. The lowest BCUT2D eigenvalue weighted by atomic mass is 9.92. The minimum absolute atomic E-state index is 0.210. The molecule has 0 spiro atoms. The molecule has 0 atom stereocenters. The Hall–Kier alpha value is -1.61. The zero-order valence-corrected chi connectivity index (χ0v) is 16.1. The van der Waals surface area contributed by atoms with Crippen LogP contribution in [0, 0.1) is 15.7 Å². The van der Waals surface area contributed by atoms with E-state index < -0.39 is 26.0 Å². The van der Waals surface area contributed by atoms with Crippen LogP contribution in [0.4, 0.5) is 0 Å². The largest absolute Gasteiger partial charge is 0.455 e. The number of ether oxygens (including phenoxy) is 1. The fraction of sp³-hybridized carbons (Fsp3) is 0.278. The van der Waals surface area contributed by atoms with Crippen LogP contribution < -0.4 is 18.7 Å². The molecule has 0 saturated heterocycles. The van der Waals surface area contributed by atoms with E-state index in [4.69, 9.17) is 8.47 Å². The average molecular weight is 399 g/mol. The number of carbonyl (C=O) groups excluding carboxylic acids is 1. The predicted molar refractivity (Wildman–Crippen MR) is 87.5 cm³/mol. The molecule has 0 aromatic heterocycles. The molecule has 0 saturated carbocycles. The normalized spacial score (nSPS) is 16.8. The van der Waals surface area contributed by atoms with Crippen LogP contribution in [0.15, 0.2) is 58.3 Å². The summed E-state index contributed by atoms with van der Waals surface area (Å²) in [5.74, 6) is 0.309. The highest BCUT2D eigenvalue weighted by atomic mass is 35.7. The van der Waals surface area contributed by atoms with Gasteiger partial charge in [0.2, 0.25) is 0 Å². The van der Waals surface area contributed by atoms with Gasteiger partial charge in [-0.1, -0.05) is 45.0 Å². The SMILES string of the molecule is CC(C)(C)C(=O)CS1(O[Cl+3]([O-])([O-])[O-])c2ccccc2Oc2ccccc21. The van der Waals surface area contributed by atoms with Gasteiger partial charge in [0.1, 0.15) is 21.0 Å². The van der Waals surface area contributed by atoms with Gasteiger partial charge < -0.3 is 4.74 Å². The van der Waals surface area contributed by atoms with Gasteiger partial charge in [-0.25, -0.2) is 0 Å². The molecule has 26 heavy (non-hydrogen) atoms. The van der Waals surface area contributed by atoms with E-state index in [0.29, 0.717) is 21.3 Å². The standard InChI is InChI=1S/C18H19ClO6S/c1-18(2,3)17(20)12-26(25-19(21,22)23)15-10-6-4-8-13(15)24-14-9-5-7-11-16(14)26/h4-11H,12H2,1-3H3. The number of rotatable bonds is 4. The molecule has 0 N–H and O–H groups in total. The minimum Gasteiger partial charge on any atom is -0.455 e. The molecule has 1 aliphatic rings. The fourth-order valence-corrected chi connectivity index (χ4v) is 7.22. The number of fused-ring (bicyclic) bond motifs is 2. The van der Waals surface area contributed by atoms with Gasteiger partial charge in [0, 0.05) is 5.41 Å². The first kappa shape index (κ1) is 19.2. The molecule has 1 aliphatic heterocycles. The fourth-order valence-electron chi connectivity index (χ4n) is 2.63. The molecule has 3 rings (SSSR count). The van der Waals surface area contributed by atoms with Crippen LogP contribution in [-0.2, 0) is 8.53 Å². The van der Waals surface area contributed by atoms with E-state index in [1.54, 1.807) is 69.3 Å². The molecule has 0 fully saturated rings. The minimum atomic E-state index is -4.77. The van der Waals surface area contributed by atoms with E-state index in [-0.39, 0.29) is 11.5 Å². The first-order chi connectivity index (χ1) is 12.0. The molecule has 0 aliphatic carbocycles. The number of hydrogen-bond donors (Lipinski definition) is 0. The van der Waals surface area contributed by atoms with Crippen LogP contribution in [0.2, 0.25) is 0 Å². The van der Waals surface area contributed by atoms with Gasteiger partial charge >= 0.3 is 0 Å². The lowest BCUT2D eigenvalue weighted by Gasteiger charge is -2.39. The Morgan fingerprint density at radius 1 is 1.00 bits per heavy atom. The summed E-state index contributed by atoms with van der Waals surface area (Å²) in [4.78, 5) is 13.7. The van der Waals surface area contributed by atoms with Crippen molar-refractivity contribution >= 4 is 16.1 Å². The number of ketones is 1. The smallest absolute Gasteiger partial charge is 0.149 e. The van der Waals surface area contributed by atoms with E-state index in [0.717, 1.165) is 0 Å². The molecule has 6 nitrogen and oxygen atoms in total. The highest BCUT2D eigenvalue weighted by Crippen LogP contribution is 2.72. The Bertz CT molecular complexity index is 795. The van der Waals surface area contributed by atoms with Gasteiger partial charge in [-0.2, -0.15) is 14.0 Å². The maximum absolute atomic E-state index is 12.8. The van der Waals surface area contributed by atoms with Crippen LogP contribution in [0.25, 0.3) is 0 Å². The zero-order valence-electron chi connectivity index (χ0n) is 14.6. The van der Waals surface area contributed by atoms with E-state index in [1.807, 2.05) is 0 Å². The van der Waals surface area contributed by atoms with Crippen molar-refractivity contribution in [3.63, 3.8) is 0 Å². The summed E-state index contributed by atoms with van der Waals surface area (Å²) in [5, 5.41) is 0. The second kappa shape index (κ2) is 6.53. The third-order valence-corrected chi connectivity index (χ3v) is 8.23. The van der Waals surface area contributed by atoms with E-state index in [1.165, 1.54) is 0 Å². The van der Waals surface area contributed by atoms with Crippen LogP contribution in [-0.4, -0.2) is 11.5 Å². The Balaban J connectivity index is 2.27. The van der Waals surface area contributed by atoms with E-state index in [9.17, 15) is 18.8 Å². The molecule has 8 heteroatoms. The maximum Gasteiger partial charge on any atom is 0.149 e. The Morgan fingerprint density at radius 3 is 1.88 bits per heavy atom. The number of para-hydroxylation sites is 2. The summed E-state index contributed by atoms with van der Waals surface area (Å²) in [6.45, 7) is 5.22. The van der Waals surface area contributed by atoms with Crippen molar-refractivity contribution in [1.82, 2.24) is 0 Å². The lowest BCUT2D eigenvalue weighted by molar-refractivity contribution is -1.91. The van der Waals surface area contributed by atoms with Crippen LogP contribution in [0.5, 0.6) is 11.5 Å². The number of hydrogen-bond acceptors (Lipinski definition) is 6. The first-order valence-corrected chi connectivity index (χ1v) is 10.8. The van der Waals surface area contributed by atoms with Gasteiger partial charge in [0.25, 0.3) is 0 Å². The van der Waals surface area contributed by atoms with Crippen LogP contribution in [0.3, 0.4) is 0 Å². The van der Waals surface area contributed by atoms with E-state index in [2.05, 4.69) is 0 Å². The van der Waals surface area contributed by atoms with Crippen LogP contribution in [0.1, 0.15) is 20.8 Å². The van der Waals surface area contributed by atoms with Crippen molar-refractivity contribution in [3.05, 3.63) is 48.5 Å². The molecule has 0 unspecified atom stereocenters. The first-order valence-electron chi connectivity index (χ1n) is 7.85. The van der Waals surface area contributed by atoms with Crippen molar-refractivity contribution in [2.45, 2.75) is 30.6 Å². The van der Waals surface area contributed by atoms with Crippen molar-refractivity contribution in [1.29, 1.82) is 0 Å². The molecule has 0 amide bonds. The third kappa shape index (κ3) is 3.59. The number of carbonyl (C=O) groups is 1. The monoisotopic (exact) mass is 398 g/mol. The quantitative estimate of drug-likeness (QED) is 0.772. The summed E-state index contributed by atoms with van der Waals surface area (Å²) in [5.41, 5.74) is -0.727. The highest BCUT2D eigenvalue weighted by Gasteiger charge is 2.52. The molecular weight excluding hydrogens is 380 g/mol. The molecule has 2 aromatic carbocycles. The molecular formula is C18H19ClO6S. The Kier molecular flexibility index (Phi) is 4.81. The summed E-state index contributed by atoms with van der Waals surface area (Å²) in [6, 6.07) is 13.4. The molecule has 0 radical (unpaired) electrons. The topological polar surface area (TPSA) is 105 Å². The molecule has 0 bridgehead atoms.